The summed E-state index contributed by atoms with van der Waals surface area (Å²) in [5.41, 5.74) is 1.87. The standard InChI is InChI=1S/C19H18BrFO4/c20-19(21)17(24-12-15-9-5-2-6-10-15)16(25-18(19)22)13-23-11-14-7-3-1-4-8-14/h1-10,16-17H,11-13H2/t16-,17+,19-/m1/s1. The van der Waals surface area contributed by atoms with E-state index in [1.807, 2.05) is 60.7 Å². The van der Waals surface area contributed by atoms with Crippen LogP contribution in [-0.4, -0.2) is 29.4 Å². The zero-order valence-corrected chi connectivity index (χ0v) is 15.0. The van der Waals surface area contributed by atoms with Gasteiger partial charge in [-0.25, -0.2) is 9.18 Å². The lowest BCUT2D eigenvalue weighted by molar-refractivity contribution is -0.147. The lowest BCUT2D eigenvalue weighted by Gasteiger charge is -2.22. The zero-order valence-electron chi connectivity index (χ0n) is 13.4. The highest BCUT2D eigenvalue weighted by atomic mass is 79.9. The maximum atomic E-state index is 14.6. The fourth-order valence-electron chi connectivity index (χ4n) is 2.59. The van der Waals surface area contributed by atoms with Gasteiger partial charge in [0.2, 0.25) is 0 Å². The monoisotopic (exact) mass is 408 g/mol. The Bertz CT molecular complexity index is 693. The number of alkyl halides is 2. The number of halogens is 2. The van der Waals surface area contributed by atoms with Gasteiger partial charge in [-0.05, 0) is 27.1 Å². The lowest BCUT2D eigenvalue weighted by atomic mass is 10.1. The van der Waals surface area contributed by atoms with Crippen LogP contribution in [0.3, 0.4) is 0 Å². The zero-order chi connectivity index (χ0) is 17.7. The van der Waals surface area contributed by atoms with E-state index in [1.165, 1.54) is 0 Å². The molecular weight excluding hydrogens is 391 g/mol. The molecule has 0 amide bonds. The maximum absolute atomic E-state index is 14.6. The average molecular weight is 409 g/mol. The predicted molar refractivity (Wildman–Crippen MR) is 93.8 cm³/mol. The molecule has 0 aliphatic carbocycles. The van der Waals surface area contributed by atoms with E-state index in [2.05, 4.69) is 15.9 Å². The van der Waals surface area contributed by atoms with Crippen LogP contribution in [0.5, 0.6) is 0 Å². The number of hydrogen-bond donors (Lipinski definition) is 0. The molecule has 0 bridgehead atoms. The van der Waals surface area contributed by atoms with E-state index in [0.29, 0.717) is 6.61 Å². The molecule has 2 aromatic carbocycles. The molecule has 132 valence electrons. The number of rotatable bonds is 7. The van der Waals surface area contributed by atoms with Crippen molar-refractivity contribution in [3.05, 3.63) is 71.8 Å². The number of esters is 1. The van der Waals surface area contributed by atoms with Gasteiger partial charge in [0.1, 0.15) is 0 Å². The Morgan fingerprint density at radius 2 is 1.56 bits per heavy atom. The van der Waals surface area contributed by atoms with Crippen LogP contribution in [0.4, 0.5) is 4.39 Å². The van der Waals surface area contributed by atoms with Crippen LogP contribution in [-0.2, 0) is 32.2 Å². The Balaban J connectivity index is 1.59. The lowest BCUT2D eigenvalue weighted by Crippen LogP contribution is -2.40. The molecule has 1 heterocycles. The summed E-state index contributed by atoms with van der Waals surface area (Å²) < 4.78 is 28.6. The quantitative estimate of drug-likeness (QED) is 0.516. The van der Waals surface area contributed by atoms with E-state index in [4.69, 9.17) is 14.2 Å². The third-order valence-corrected chi connectivity index (χ3v) is 4.67. The molecule has 0 saturated carbocycles. The molecule has 0 unspecified atom stereocenters. The largest absolute Gasteiger partial charge is 0.454 e. The minimum Gasteiger partial charge on any atom is -0.454 e. The second kappa shape index (κ2) is 8.08. The third kappa shape index (κ3) is 4.45. The molecule has 1 fully saturated rings. The first kappa shape index (κ1) is 18.0. The normalized spacial score (nSPS) is 25.8. The minimum absolute atomic E-state index is 0.0529. The Kier molecular flexibility index (Phi) is 5.83. The van der Waals surface area contributed by atoms with Crippen LogP contribution >= 0.6 is 15.9 Å². The summed E-state index contributed by atoms with van der Waals surface area (Å²) in [6.45, 7) is 0.577. The van der Waals surface area contributed by atoms with Gasteiger partial charge < -0.3 is 14.2 Å². The van der Waals surface area contributed by atoms with Gasteiger partial charge in [-0.1, -0.05) is 60.7 Å². The third-order valence-electron chi connectivity index (χ3n) is 3.89. The molecule has 1 saturated heterocycles. The summed E-state index contributed by atoms with van der Waals surface area (Å²) in [7, 11) is 0. The number of ether oxygens (including phenoxy) is 3. The van der Waals surface area contributed by atoms with Crippen molar-refractivity contribution in [3.8, 4) is 0 Å². The second-order valence-electron chi connectivity index (χ2n) is 5.78. The van der Waals surface area contributed by atoms with Gasteiger partial charge in [0.15, 0.2) is 12.2 Å². The van der Waals surface area contributed by atoms with Crippen molar-refractivity contribution in [1.29, 1.82) is 0 Å². The highest BCUT2D eigenvalue weighted by molar-refractivity contribution is 9.10. The van der Waals surface area contributed by atoms with Gasteiger partial charge in [0.05, 0.1) is 19.8 Å². The van der Waals surface area contributed by atoms with Crippen molar-refractivity contribution in [2.45, 2.75) is 30.0 Å². The van der Waals surface area contributed by atoms with Gasteiger partial charge in [0, 0.05) is 0 Å². The molecule has 3 rings (SSSR count). The summed E-state index contributed by atoms with van der Waals surface area (Å²) in [6, 6.07) is 18.9. The summed E-state index contributed by atoms with van der Waals surface area (Å²) in [6.07, 6.45) is -1.90. The van der Waals surface area contributed by atoms with Crippen molar-refractivity contribution in [3.63, 3.8) is 0 Å². The van der Waals surface area contributed by atoms with E-state index < -0.39 is 22.8 Å². The first-order chi connectivity index (χ1) is 12.1. The molecule has 0 spiro atoms. The van der Waals surface area contributed by atoms with Crippen molar-refractivity contribution >= 4 is 21.9 Å². The van der Waals surface area contributed by atoms with Crippen LogP contribution in [0.1, 0.15) is 11.1 Å². The number of hydrogen-bond acceptors (Lipinski definition) is 4. The second-order valence-corrected chi connectivity index (χ2v) is 6.94. The van der Waals surface area contributed by atoms with Gasteiger partial charge in [0.25, 0.3) is 4.58 Å². The van der Waals surface area contributed by atoms with E-state index in [0.717, 1.165) is 11.1 Å². The predicted octanol–water partition coefficient (Wildman–Crippen LogP) is 3.77. The van der Waals surface area contributed by atoms with Crippen LogP contribution in [0.25, 0.3) is 0 Å². The molecule has 1 aliphatic heterocycles. The fourth-order valence-corrected chi connectivity index (χ4v) is 3.11. The van der Waals surface area contributed by atoms with E-state index in [9.17, 15) is 9.18 Å². The number of carbonyl (C=O) groups excluding carboxylic acids is 1. The number of benzene rings is 2. The summed E-state index contributed by atoms with van der Waals surface area (Å²) >= 11 is 2.80. The number of cyclic esters (lactones) is 1. The van der Waals surface area contributed by atoms with Gasteiger partial charge in [-0.3, -0.25) is 0 Å². The fraction of sp³-hybridized carbons (Fsp3) is 0.316. The smallest absolute Gasteiger partial charge is 0.358 e. The van der Waals surface area contributed by atoms with Crippen molar-refractivity contribution in [1.82, 2.24) is 0 Å². The molecule has 6 heteroatoms. The molecule has 4 nitrogen and oxygen atoms in total. The van der Waals surface area contributed by atoms with Crippen molar-refractivity contribution in [2.75, 3.05) is 6.61 Å². The topological polar surface area (TPSA) is 44.8 Å². The molecule has 25 heavy (non-hydrogen) atoms. The summed E-state index contributed by atoms with van der Waals surface area (Å²) in [5.74, 6) is -0.987. The van der Waals surface area contributed by atoms with Crippen LogP contribution < -0.4 is 0 Å². The van der Waals surface area contributed by atoms with Crippen molar-refractivity contribution in [2.24, 2.45) is 0 Å². The van der Waals surface area contributed by atoms with Crippen molar-refractivity contribution < 1.29 is 23.4 Å². The van der Waals surface area contributed by atoms with Crippen LogP contribution in [0.15, 0.2) is 60.7 Å². The average Bonchev–Trinajstić information content (AvgIpc) is 2.84. The van der Waals surface area contributed by atoms with Crippen LogP contribution in [0.2, 0.25) is 0 Å². The number of carbonyl (C=O) groups is 1. The van der Waals surface area contributed by atoms with Gasteiger partial charge in [-0.2, -0.15) is 0 Å². The Labute approximate surface area is 154 Å². The molecule has 2 aromatic rings. The molecule has 0 radical (unpaired) electrons. The molecule has 0 aromatic heterocycles. The first-order valence-corrected chi connectivity index (χ1v) is 8.73. The van der Waals surface area contributed by atoms with Crippen LogP contribution in [0, 0.1) is 0 Å². The summed E-state index contributed by atoms with van der Waals surface area (Å²) in [4.78, 5) is 11.8. The Morgan fingerprint density at radius 3 is 2.16 bits per heavy atom. The minimum atomic E-state index is -2.37. The molecule has 0 N–H and O–H groups in total. The first-order valence-electron chi connectivity index (χ1n) is 7.93. The van der Waals surface area contributed by atoms with E-state index in [-0.39, 0.29) is 13.2 Å². The molecule has 3 atom stereocenters. The Hall–Kier alpha value is -1.76. The van der Waals surface area contributed by atoms with E-state index in [1.54, 1.807) is 0 Å². The highest BCUT2D eigenvalue weighted by Gasteiger charge is 2.58. The van der Waals surface area contributed by atoms with E-state index >= 15 is 0 Å². The maximum Gasteiger partial charge on any atom is 0.358 e. The summed E-state index contributed by atoms with van der Waals surface area (Å²) in [5, 5.41) is 0. The molecule has 1 aliphatic rings. The Morgan fingerprint density at radius 1 is 1.00 bits per heavy atom. The van der Waals surface area contributed by atoms with Gasteiger partial charge in [-0.15, -0.1) is 0 Å². The molecular formula is C19H18BrFO4. The SMILES string of the molecule is O=C1O[C@H](COCc2ccccc2)[C@H](OCc2ccccc2)[C@]1(F)Br. The van der Waals surface area contributed by atoms with Gasteiger partial charge >= 0.3 is 5.97 Å². The highest BCUT2D eigenvalue weighted by Crippen LogP contribution is 2.38.